The SMILES string of the molecule is OC(COc1cc(Cl)ccc1Cl)CN1CCCN(c2cccnn2)CC1. The number of halogens is 2. The molecule has 0 saturated carbocycles. The Labute approximate surface area is 163 Å². The van der Waals surface area contributed by atoms with E-state index in [4.69, 9.17) is 27.9 Å². The smallest absolute Gasteiger partial charge is 0.151 e. The van der Waals surface area contributed by atoms with Gasteiger partial charge in [0.15, 0.2) is 5.82 Å². The van der Waals surface area contributed by atoms with E-state index in [0.717, 1.165) is 38.4 Å². The minimum Gasteiger partial charge on any atom is -0.489 e. The predicted molar refractivity (Wildman–Crippen MR) is 103 cm³/mol. The Morgan fingerprint density at radius 3 is 2.85 bits per heavy atom. The van der Waals surface area contributed by atoms with Crippen molar-refractivity contribution in [2.24, 2.45) is 0 Å². The van der Waals surface area contributed by atoms with Gasteiger partial charge in [-0.2, -0.15) is 5.10 Å². The van der Waals surface area contributed by atoms with Crippen LogP contribution in [0, 0.1) is 0 Å². The lowest BCUT2D eigenvalue weighted by Gasteiger charge is -2.24. The maximum atomic E-state index is 10.3. The van der Waals surface area contributed by atoms with Crippen LogP contribution in [0.2, 0.25) is 10.0 Å². The van der Waals surface area contributed by atoms with Crippen molar-refractivity contribution in [3.05, 3.63) is 46.6 Å². The van der Waals surface area contributed by atoms with E-state index in [9.17, 15) is 5.11 Å². The zero-order valence-corrected chi connectivity index (χ0v) is 15.9. The predicted octanol–water partition coefficient (Wildman–Crippen LogP) is 2.74. The lowest BCUT2D eigenvalue weighted by Crippen LogP contribution is -2.38. The summed E-state index contributed by atoms with van der Waals surface area (Å²) in [5, 5.41) is 19.5. The third-order valence-electron chi connectivity index (χ3n) is 4.26. The summed E-state index contributed by atoms with van der Waals surface area (Å²) in [6, 6.07) is 8.91. The normalized spacial score (nSPS) is 17.0. The summed E-state index contributed by atoms with van der Waals surface area (Å²) >= 11 is 12.0. The van der Waals surface area contributed by atoms with E-state index >= 15 is 0 Å². The number of ether oxygens (including phenoxy) is 1. The Morgan fingerprint density at radius 1 is 1.15 bits per heavy atom. The molecular formula is C18H22Cl2N4O2. The second-order valence-corrected chi connectivity index (χ2v) is 7.11. The van der Waals surface area contributed by atoms with Crippen LogP contribution in [0.3, 0.4) is 0 Å². The number of aromatic nitrogens is 2. The van der Waals surface area contributed by atoms with E-state index in [1.807, 2.05) is 12.1 Å². The van der Waals surface area contributed by atoms with Crippen LogP contribution in [0.1, 0.15) is 6.42 Å². The molecule has 0 amide bonds. The van der Waals surface area contributed by atoms with Crippen LogP contribution < -0.4 is 9.64 Å². The largest absolute Gasteiger partial charge is 0.489 e. The molecule has 140 valence electrons. The van der Waals surface area contributed by atoms with Crippen LogP contribution in [0.25, 0.3) is 0 Å². The third-order valence-corrected chi connectivity index (χ3v) is 4.81. The lowest BCUT2D eigenvalue weighted by atomic mass is 10.3. The molecule has 1 aliphatic rings. The van der Waals surface area contributed by atoms with E-state index in [-0.39, 0.29) is 6.61 Å². The molecule has 2 heterocycles. The molecule has 1 unspecified atom stereocenters. The summed E-state index contributed by atoms with van der Waals surface area (Å²) in [7, 11) is 0. The van der Waals surface area contributed by atoms with Crippen LogP contribution in [0.15, 0.2) is 36.5 Å². The van der Waals surface area contributed by atoms with E-state index in [0.29, 0.717) is 22.3 Å². The third kappa shape index (κ3) is 5.45. The Kier molecular flexibility index (Phi) is 6.91. The molecule has 8 heteroatoms. The molecule has 1 fully saturated rings. The van der Waals surface area contributed by atoms with Crippen molar-refractivity contribution >= 4 is 29.0 Å². The van der Waals surface area contributed by atoms with Gasteiger partial charge >= 0.3 is 0 Å². The van der Waals surface area contributed by atoms with Gasteiger partial charge in [-0.15, -0.1) is 5.10 Å². The van der Waals surface area contributed by atoms with Crippen molar-refractivity contribution in [1.82, 2.24) is 15.1 Å². The number of hydrogen-bond donors (Lipinski definition) is 1. The second-order valence-electron chi connectivity index (χ2n) is 6.26. The highest BCUT2D eigenvalue weighted by Gasteiger charge is 2.19. The highest BCUT2D eigenvalue weighted by Crippen LogP contribution is 2.27. The number of nitrogens with zero attached hydrogens (tertiary/aromatic N) is 4. The van der Waals surface area contributed by atoms with Gasteiger partial charge < -0.3 is 14.7 Å². The molecule has 6 nitrogen and oxygen atoms in total. The number of anilines is 1. The quantitative estimate of drug-likeness (QED) is 0.809. The monoisotopic (exact) mass is 396 g/mol. The van der Waals surface area contributed by atoms with Crippen LogP contribution in [-0.2, 0) is 0 Å². The Morgan fingerprint density at radius 2 is 2.04 bits per heavy atom. The van der Waals surface area contributed by atoms with Crippen molar-refractivity contribution < 1.29 is 9.84 Å². The van der Waals surface area contributed by atoms with Gasteiger partial charge in [-0.05, 0) is 37.2 Å². The zero-order chi connectivity index (χ0) is 18.4. The average Bonchev–Trinajstić information content (AvgIpc) is 2.89. The van der Waals surface area contributed by atoms with Gasteiger partial charge in [-0.3, -0.25) is 4.90 Å². The number of aliphatic hydroxyl groups is 1. The van der Waals surface area contributed by atoms with Crippen molar-refractivity contribution in [2.45, 2.75) is 12.5 Å². The first-order chi connectivity index (χ1) is 12.6. The number of benzene rings is 1. The molecule has 0 radical (unpaired) electrons. The highest BCUT2D eigenvalue weighted by atomic mass is 35.5. The molecule has 2 aromatic rings. The maximum Gasteiger partial charge on any atom is 0.151 e. The molecule has 1 aliphatic heterocycles. The first kappa shape index (κ1) is 19.2. The Balaban J connectivity index is 1.47. The Bertz CT molecular complexity index is 705. The van der Waals surface area contributed by atoms with E-state index < -0.39 is 6.10 Å². The van der Waals surface area contributed by atoms with Crippen molar-refractivity contribution in [3.8, 4) is 5.75 Å². The molecule has 0 bridgehead atoms. The van der Waals surface area contributed by atoms with E-state index in [1.165, 1.54) is 0 Å². The van der Waals surface area contributed by atoms with Gasteiger partial charge in [-0.1, -0.05) is 23.2 Å². The van der Waals surface area contributed by atoms with Gasteiger partial charge in [0.2, 0.25) is 0 Å². The van der Waals surface area contributed by atoms with Crippen LogP contribution >= 0.6 is 23.2 Å². The van der Waals surface area contributed by atoms with Gasteiger partial charge in [0.25, 0.3) is 0 Å². The Hall–Kier alpha value is -1.60. The molecule has 0 aliphatic carbocycles. The molecule has 1 N–H and O–H groups in total. The number of aliphatic hydroxyl groups excluding tert-OH is 1. The zero-order valence-electron chi connectivity index (χ0n) is 14.4. The minimum absolute atomic E-state index is 0.171. The summed E-state index contributed by atoms with van der Waals surface area (Å²) in [6.07, 6.45) is 2.08. The molecule has 3 rings (SSSR count). The molecule has 1 aromatic heterocycles. The number of β-amino-alcohol motifs (C(OH)–C–C–N with tert-alkyl or cyclic N) is 1. The second kappa shape index (κ2) is 9.37. The van der Waals surface area contributed by atoms with Crippen LogP contribution in [0.5, 0.6) is 5.75 Å². The topological polar surface area (TPSA) is 61.7 Å². The van der Waals surface area contributed by atoms with Gasteiger partial charge in [-0.25, -0.2) is 0 Å². The average molecular weight is 397 g/mol. The molecule has 1 aromatic carbocycles. The summed E-state index contributed by atoms with van der Waals surface area (Å²) in [4.78, 5) is 4.46. The van der Waals surface area contributed by atoms with Crippen molar-refractivity contribution in [1.29, 1.82) is 0 Å². The van der Waals surface area contributed by atoms with Gasteiger partial charge in [0, 0.05) is 43.5 Å². The molecule has 1 atom stereocenters. The number of hydrogen-bond acceptors (Lipinski definition) is 6. The van der Waals surface area contributed by atoms with Crippen LogP contribution in [0.4, 0.5) is 5.82 Å². The molecule has 26 heavy (non-hydrogen) atoms. The highest BCUT2D eigenvalue weighted by molar-refractivity contribution is 6.34. The summed E-state index contributed by atoms with van der Waals surface area (Å²) in [5.74, 6) is 1.39. The first-order valence-corrected chi connectivity index (χ1v) is 9.38. The summed E-state index contributed by atoms with van der Waals surface area (Å²) in [6.45, 7) is 4.28. The fraction of sp³-hybridized carbons (Fsp3) is 0.444. The first-order valence-electron chi connectivity index (χ1n) is 8.63. The van der Waals surface area contributed by atoms with E-state index in [1.54, 1.807) is 24.4 Å². The molecular weight excluding hydrogens is 375 g/mol. The lowest BCUT2D eigenvalue weighted by molar-refractivity contribution is 0.0705. The fourth-order valence-electron chi connectivity index (χ4n) is 2.97. The van der Waals surface area contributed by atoms with E-state index in [2.05, 4.69) is 20.0 Å². The molecule has 1 saturated heterocycles. The van der Waals surface area contributed by atoms with Gasteiger partial charge in [0.1, 0.15) is 18.5 Å². The van der Waals surface area contributed by atoms with Crippen molar-refractivity contribution in [2.75, 3.05) is 44.2 Å². The summed E-state index contributed by atoms with van der Waals surface area (Å²) < 4.78 is 5.62. The fourth-order valence-corrected chi connectivity index (χ4v) is 3.30. The maximum absolute atomic E-state index is 10.3. The van der Waals surface area contributed by atoms with Gasteiger partial charge in [0.05, 0.1) is 5.02 Å². The minimum atomic E-state index is -0.604. The number of rotatable bonds is 6. The summed E-state index contributed by atoms with van der Waals surface area (Å²) in [5.41, 5.74) is 0. The van der Waals surface area contributed by atoms with Crippen molar-refractivity contribution in [3.63, 3.8) is 0 Å². The standard InChI is InChI=1S/C18H22Cl2N4O2/c19-14-4-5-16(20)17(11-14)26-13-15(25)12-23-7-2-8-24(10-9-23)18-3-1-6-21-22-18/h1,3-6,11,15,25H,2,7-10,12-13H2. The van der Waals surface area contributed by atoms with Crippen LogP contribution in [-0.4, -0.2) is 65.6 Å². The molecule has 0 spiro atoms.